The fraction of sp³-hybridized carbons (Fsp3) is 0.258. The Morgan fingerprint density at radius 2 is 1.89 bits per heavy atom. The van der Waals surface area contributed by atoms with E-state index in [9.17, 15) is 28.0 Å². The van der Waals surface area contributed by atoms with Crippen LogP contribution in [0.3, 0.4) is 0 Å². The molecular formula is C31H32F2N6O6. The van der Waals surface area contributed by atoms with E-state index in [-0.39, 0.29) is 60.2 Å². The first-order valence-electron chi connectivity index (χ1n) is 13.8. The number of amides is 3. The van der Waals surface area contributed by atoms with Gasteiger partial charge in [-0.3, -0.25) is 14.4 Å². The Morgan fingerprint density at radius 1 is 1.13 bits per heavy atom. The number of aromatic nitrogens is 3. The van der Waals surface area contributed by atoms with E-state index >= 15 is 0 Å². The lowest BCUT2D eigenvalue weighted by Crippen LogP contribution is -2.44. The summed E-state index contributed by atoms with van der Waals surface area (Å²) in [5.41, 5.74) is 0.281. The molecule has 4 aromatic rings. The van der Waals surface area contributed by atoms with Crippen molar-refractivity contribution in [2.24, 2.45) is 0 Å². The Bertz CT molecular complexity index is 1770. The molecule has 4 rings (SSSR count). The predicted octanol–water partition coefficient (Wildman–Crippen LogP) is 3.72. The zero-order valence-electron chi connectivity index (χ0n) is 24.8. The van der Waals surface area contributed by atoms with Gasteiger partial charge in [0.1, 0.15) is 29.7 Å². The summed E-state index contributed by atoms with van der Waals surface area (Å²) >= 11 is 0. The number of nitrogens with one attached hydrogen (secondary N) is 3. The second-order valence-corrected chi connectivity index (χ2v) is 10.1. The summed E-state index contributed by atoms with van der Waals surface area (Å²) < 4.78 is 40.6. The Morgan fingerprint density at radius 3 is 2.60 bits per heavy atom. The minimum absolute atomic E-state index is 0.0178. The molecule has 2 aromatic carbocycles. The minimum atomic E-state index is -1.19. The van der Waals surface area contributed by atoms with Gasteiger partial charge in [0.15, 0.2) is 11.6 Å². The van der Waals surface area contributed by atoms with Gasteiger partial charge in [0.25, 0.3) is 5.56 Å². The molecule has 236 valence electrons. The van der Waals surface area contributed by atoms with Crippen LogP contribution in [0.5, 0.6) is 5.75 Å². The number of carbonyl (C=O) groups is 3. The molecule has 2 aromatic heterocycles. The van der Waals surface area contributed by atoms with Crippen LogP contribution in [0, 0.1) is 11.6 Å². The molecule has 3 amide bonds. The number of halogens is 2. The Hall–Kier alpha value is -5.53. The molecule has 0 saturated carbocycles. The second kappa shape index (κ2) is 14.8. The van der Waals surface area contributed by atoms with E-state index in [1.807, 2.05) is 6.07 Å². The van der Waals surface area contributed by atoms with Crippen LogP contribution in [0.4, 0.5) is 19.3 Å². The Kier molecular flexibility index (Phi) is 10.6. The van der Waals surface area contributed by atoms with E-state index in [1.165, 1.54) is 33.9 Å². The van der Waals surface area contributed by atoms with E-state index in [2.05, 4.69) is 25.3 Å². The number of hydrogen-bond acceptors (Lipinski definition) is 7. The van der Waals surface area contributed by atoms with Gasteiger partial charge in [-0.1, -0.05) is 36.4 Å². The van der Waals surface area contributed by atoms with Gasteiger partial charge in [0.05, 0.1) is 19.2 Å². The van der Waals surface area contributed by atoms with Gasteiger partial charge in [-0.2, -0.15) is 4.39 Å². The number of carbonyl (C=O) groups excluding carboxylic acids is 3. The zero-order chi connectivity index (χ0) is 32.5. The first kappa shape index (κ1) is 32.4. The fourth-order valence-corrected chi connectivity index (χ4v) is 4.26. The van der Waals surface area contributed by atoms with Crippen molar-refractivity contribution < 1.29 is 32.6 Å². The first-order chi connectivity index (χ1) is 21.6. The number of benzene rings is 2. The van der Waals surface area contributed by atoms with Crippen molar-refractivity contribution in [1.29, 1.82) is 0 Å². The summed E-state index contributed by atoms with van der Waals surface area (Å²) in [4.78, 5) is 58.6. The van der Waals surface area contributed by atoms with Gasteiger partial charge in [-0.25, -0.2) is 14.2 Å². The molecule has 0 radical (unpaired) electrons. The summed E-state index contributed by atoms with van der Waals surface area (Å²) in [7, 11) is 4.34. The first-order valence-corrected chi connectivity index (χ1v) is 13.8. The summed E-state index contributed by atoms with van der Waals surface area (Å²) in [5.74, 6) is -3.40. The number of likely N-dealkylation sites (N-methyl/N-ethyl adjacent to an activating group) is 1. The summed E-state index contributed by atoms with van der Waals surface area (Å²) in [6.45, 7) is -0.150. The number of fused-ring (bicyclic) bond motifs is 1. The number of aromatic amines is 1. The van der Waals surface area contributed by atoms with Crippen LogP contribution in [-0.2, 0) is 27.5 Å². The maximum absolute atomic E-state index is 14.7. The maximum atomic E-state index is 14.7. The number of anilines is 1. The number of ether oxygens (including phenoxy) is 2. The summed E-state index contributed by atoms with van der Waals surface area (Å²) in [6.07, 6.45) is 3.90. The zero-order valence-corrected chi connectivity index (χ0v) is 24.8. The maximum Gasteiger partial charge on any atom is 0.407 e. The van der Waals surface area contributed by atoms with E-state index in [0.29, 0.717) is 0 Å². The van der Waals surface area contributed by atoms with Crippen molar-refractivity contribution in [3.63, 3.8) is 0 Å². The quantitative estimate of drug-likeness (QED) is 0.204. The van der Waals surface area contributed by atoms with E-state index in [0.717, 1.165) is 18.7 Å². The molecule has 2 heterocycles. The highest BCUT2D eigenvalue weighted by molar-refractivity contribution is 5.96. The molecule has 1 unspecified atom stereocenters. The van der Waals surface area contributed by atoms with Crippen LogP contribution < -0.4 is 20.9 Å². The number of hydrogen-bond donors (Lipinski definition) is 3. The van der Waals surface area contributed by atoms with Gasteiger partial charge in [0.2, 0.25) is 17.6 Å². The van der Waals surface area contributed by atoms with Crippen LogP contribution in [0.1, 0.15) is 24.2 Å². The molecule has 0 fully saturated rings. The molecule has 12 nitrogen and oxygen atoms in total. The molecule has 0 aliphatic heterocycles. The molecule has 0 saturated heterocycles. The van der Waals surface area contributed by atoms with E-state index < -0.39 is 35.2 Å². The number of nitrogens with zero attached hydrogens (tertiary/aromatic N) is 3. The van der Waals surface area contributed by atoms with E-state index in [1.54, 1.807) is 44.4 Å². The third-order valence-corrected chi connectivity index (χ3v) is 6.62. The molecule has 1 atom stereocenters. The third kappa shape index (κ3) is 8.31. The number of imidazole rings is 1. The highest BCUT2D eigenvalue weighted by Gasteiger charge is 2.23. The average molecular weight is 623 g/mol. The van der Waals surface area contributed by atoms with Gasteiger partial charge >= 0.3 is 6.09 Å². The van der Waals surface area contributed by atoms with Crippen LogP contribution in [0.15, 0.2) is 71.7 Å². The number of methoxy groups -OCH3 is 1. The molecule has 45 heavy (non-hydrogen) atoms. The molecular weight excluding hydrogens is 590 g/mol. The minimum Gasteiger partial charge on any atom is -0.483 e. The molecule has 0 aliphatic carbocycles. The van der Waals surface area contributed by atoms with Crippen molar-refractivity contribution in [2.45, 2.75) is 32.0 Å². The van der Waals surface area contributed by atoms with Crippen molar-refractivity contribution in [3.05, 3.63) is 100 Å². The largest absolute Gasteiger partial charge is 0.483 e. The lowest BCUT2D eigenvalue weighted by atomic mass is 10.1. The summed E-state index contributed by atoms with van der Waals surface area (Å²) in [5, 5.41) is 4.95. The van der Waals surface area contributed by atoms with E-state index in [4.69, 9.17) is 4.74 Å². The van der Waals surface area contributed by atoms with Crippen molar-refractivity contribution in [1.82, 2.24) is 24.8 Å². The Labute approximate surface area is 256 Å². The molecule has 0 bridgehead atoms. The topological polar surface area (TPSA) is 148 Å². The van der Waals surface area contributed by atoms with Gasteiger partial charge in [-0.05, 0) is 36.6 Å². The predicted molar refractivity (Wildman–Crippen MR) is 162 cm³/mol. The lowest BCUT2D eigenvalue weighted by Gasteiger charge is -2.17. The van der Waals surface area contributed by atoms with Crippen LogP contribution >= 0.6 is 0 Å². The van der Waals surface area contributed by atoms with Crippen molar-refractivity contribution in [3.8, 4) is 5.75 Å². The molecule has 0 aliphatic rings. The van der Waals surface area contributed by atoms with Gasteiger partial charge in [-0.15, -0.1) is 0 Å². The van der Waals surface area contributed by atoms with Crippen molar-refractivity contribution >= 4 is 34.6 Å². The van der Waals surface area contributed by atoms with Gasteiger partial charge in [0, 0.05) is 26.4 Å². The highest BCUT2D eigenvalue weighted by Crippen LogP contribution is 2.30. The van der Waals surface area contributed by atoms with Crippen LogP contribution in [-0.4, -0.2) is 64.6 Å². The second-order valence-electron chi connectivity index (χ2n) is 10.1. The number of rotatable bonds is 12. The number of allylic oxidation sites excluding steroid dienone is 1. The summed E-state index contributed by atoms with van der Waals surface area (Å²) in [6, 6.07) is 11.7. The number of H-pyrrole nitrogens is 1. The third-order valence-electron chi connectivity index (χ3n) is 6.62. The fourth-order valence-electron chi connectivity index (χ4n) is 4.26. The standard InChI is InChI=1S/C31H32F2N6O6/c1-38(2)25(40)14-8-7-12-21(36-31(43)44-3)29(41)35-22-13-9-15-39(30(22)42)17-24-34-23-16-20(32)26(33)28(27(23)37-24)45-18-19-10-5-4-6-11-19/h4-6,8-11,13-16,21H,7,12,17-18H2,1-3H3,(H,34,37)(H,35,41)(H,36,43)/b14-8+. The molecule has 0 spiro atoms. The molecule has 3 N–H and O–H groups in total. The Balaban J connectivity index is 1.51. The highest BCUT2D eigenvalue weighted by atomic mass is 19.2. The van der Waals surface area contributed by atoms with Crippen LogP contribution in [0.25, 0.3) is 11.0 Å². The number of alkyl carbamates (subject to hydrolysis) is 1. The van der Waals surface area contributed by atoms with Crippen molar-refractivity contribution in [2.75, 3.05) is 26.5 Å². The average Bonchev–Trinajstić information content (AvgIpc) is 3.42. The van der Waals surface area contributed by atoms with Crippen LogP contribution in [0.2, 0.25) is 0 Å². The lowest BCUT2D eigenvalue weighted by molar-refractivity contribution is -0.123. The normalized spacial score (nSPS) is 11.8. The molecule has 14 heteroatoms. The monoisotopic (exact) mass is 622 g/mol. The van der Waals surface area contributed by atoms with Gasteiger partial charge < -0.3 is 34.6 Å². The SMILES string of the molecule is COC(=O)NC(CC/C=C/C(=O)N(C)C)C(=O)Nc1cccn(Cc2nc3c(OCc4ccccc4)c(F)c(F)cc3[nH]2)c1=O. The number of pyridine rings is 1. The smallest absolute Gasteiger partial charge is 0.407 e.